The zero-order chi connectivity index (χ0) is 9.97. The van der Waals surface area contributed by atoms with Crippen molar-refractivity contribution in [2.24, 2.45) is 7.05 Å². The molecule has 0 amide bonds. The Kier molecular flexibility index (Phi) is 2.41. The van der Waals surface area contributed by atoms with Gasteiger partial charge in [-0.1, -0.05) is 23.7 Å². The van der Waals surface area contributed by atoms with Crippen molar-refractivity contribution in [3.8, 4) is 11.8 Å². The van der Waals surface area contributed by atoms with Crippen molar-refractivity contribution in [1.82, 2.24) is 9.55 Å². The van der Waals surface area contributed by atoms with Gasteiger partial charge < -0.3 is 9.30 Å². The molecule has 14 heavy (non-hydrogen) atoms. The smallest absolute Gasteiger partial charge is 0.301 e. The molecule has 2 aromatic rings. The zero-order valence-corrected chi connectivity index (χ0v) is 8.40. The van der Waals surface area contributed by atoms with E-state index >= 15 is 0 Å². The van der Waals surface area contributed by atoms with Crippen LogP contribution in [0.2, 0.25) is 5.02 Å². The first-order valence-corrected chi connectivity index (χ1v) is 4.55. The van der Waals surface area contributed by atoms with Crippen LogP contribution >= 0.6 is 11.6 Å². The van der Waals surface area contributed by atoms with Crippen LogP contribution in [0.4, 0.5) is 0 Å². The molecule has 0 saturated heterocycles. The Morgan fingerprint density at radius 3 is 2.79 bits per heavy atom. The van der Waals surface area contributed by atoms with Gasteiger partial charge >= 0.3 is 6.01 Å². The highest BCUT2D eigenvalue weighted by Crippen LogP contribution is 2.27. The molecule has 0 spiro atoms. The molecule has 0 bridgehead atoms. The summed E-state index contributed by atoms with van der Waals surface area (Å²) in [5, 5.41) is 0.579. The van der Waals surface area contributed by atoms with Gasteiger partial charge in [0.05, 0.1) is 5.02 Å². The van der Waals surface area contributed by atoms with E-state index in [4.69, 9.17) is 16.3 Å². The minimum atomic E-state index is 0.526. The molecule has 0 fully saturated rings. The van der Waals surface area contributed by atoms with E-state index in [1.807, 2.05) is 25.4 Å². The van der Waals surface area contributed by atoms with Crippen LogP contribution in [-0.2, 0) is 7.05 Å². The van der Waals surface area contributed by atoms with Crippen LogP contribution in [-0.4, -0.2) is 9.55 Å². The highest BCUT2D eigenvalue weighted by atomic mass is 35.5. The number of imidazole rings is 1. The van der Waals surface area contributed by atoms with Crippen molar-refractivity contribution < 1.29 is 4.74 Å². The highest BCUT2D eigenvalue weighted by Gasteiger charge is 2.04. The number of para-hydroxylation sites is 1. The number of nitrogens with zero attached hydrogens (tertiary/aromatic N) is 2. The van der Waals surface area contributed by atoms with Crippen LogP contribution in [0.15, 0.2) is 36.7 Å². The van der Waals surface area contributed by atoms with E-state index in [0.29, 0.717) is 16.8 Å². The van der Waals surface area contributed by atoms with Gasteiger partial charge in [-0.15, -0.1) is 0 Å². The summed E-state index contributed by atoms with van der Waals surface area (Å²) in [6.45, 7) is 0. The van der Waals surface area contributed by atoms with E-state index < -0.39 is 0 Å². The summed E-state index contributed by atoms with van der Waals surface area (Å²) in [6, 6.07) is 7.83. The van der Waals surface area contributed by atoms with E-state index in [1.165, 1.54) is 0 Å². The SMILES string of the molecule is Cn1ccnc1Oc1ccccc1Cl. The topological polar surface area (TPSA) is 27.1 Å². The lowest BCUT2D eigenvalue weighted by Crippen LogP contribution is -1.93. The Balaban J connectivity index is 2.28. The van der Waals surface area contributed by atoms with Crippen LogP contribution in [0.5, 0.6) is 11.8 Å². The van der Waals surface area contributed by atoms with Crippen molar-refractivity contribution in [2.45, 2.75) is 0 Å². The van der Waals surface area contributed by atoms with Crippen LogP contribution in [0.1, 0.15) is 0 Å². The maximum atomic E-state index is 5.93. The first-order valence-electron chi connectivity index (χ1n) is 4.17. The van der Waals surface area contributed by atoms with Crippen molar-refractivity contribution in [3.05, 3.63) is 41.7 Å². The average molecular weight is 209 g/mol. The fourth-order valence-corrected chi connectivity index (χ4v) is 1.25. The first kappa shape index (κ1) is 9.09. The number of aromatic nitrogens is 2. The average Bonchev–Trinajstić information content (AvgIpc) is 2.56. The van der Waals surface area contributed by atoms with Crippen molar-refractivity contribution in [3.63, 3.8) is 0 Å². The summed E-state index contributed by atoms with van der Waals surface area (Å²) in [7, 11) is 1.86. The molecule has 2 rings (SSSR count). The molecule has 0 radical (unpaired) electrons. The third-order valence-corrected chi connectivity index (χ3v) is 2.13. The van der Waals surface area contributed by atoms with Gasteiger partial charge in [0.15, 0.2) is 0 Å². The molecule has 0 N–H and O–H groups in total. The largest absolute Gasteiger partial charge is 0.424 e. The van der Waals surface area contributed by atoms with Gasteiger partial charge in [-0.3, -0.25) is 0 Å². The van der Waals surface area contributed by atoms with Crippen LogP contribution in [0.3, 0.4) is 0 Å². The molecule has 3 nitrogen and oxygen atoms in total. The second kappa shape index (κ2) is 3.72. The van der Waals surface area contributed by atoms with Crippen molar-refractivity contribution in [2.75, 3.05) is 0 Å². The number of benzene rings is 1. The molecule has 0 aliphatic rings. The summed E-state index contributed by atoms with van der Waals surface area (Å²) in [4.78, 5) is 4.03. The Hall–Kier alpha value is -1.48. The third-order valence-electron chi connectivity index (χ3n) is 1.81. The van der Waals surface area contributed by atoms with Crippen LogP contribution < -0.4 is 4.74 Å². The Morgan fingerprint density at radius 2 is 2.14 bits per heavy atom. The van der Waals surface area contributed by atoms with Crippen molar-refractivity contribution in [1.29, 1.82) is 0 Å². The molecule has 0 aliphatic heterocycles. The standard InChI is InChI=1S/C10H9ClN2O/c1-13-7-6-12-10(13)14-9-5-3-2-4-8(9)11/h2-7H,1H3. The minimum absolute atomic E-state index is 0.526. The first-order chi connectivity index (χ1) is 6.77. The summed E-state index contributed by atoms with van der Waals surface area (Å²) in [5.41, 5.74) is 0. The van der Waals surface area contributed by atoms with Gasteiger partial charge in [0.1, 0.15) is 5.75 Å². The molecule has 0 unspecified atom stereocenters. The monoisotopic (exact) mass is 208 g/mol. The molecule has 1 heterocycles. The lowest BCUT2D eigenvalue weighted by Gasteiger charge is -2.05. The van der Waals surface area contributed by atoms with Gasteiger partial charge in [0.25, 0.3) is 0 Å². The predicted octanol–water partition coefficient (Wildman–Crippen LogP) is 2.87. The van der Waals surface area contributed by atoms with Gasteiger partial charge in [-0.2, -0.15) is 0 Å². The predicted molar refractivity (Wildman–Crippen MR) is 54.7 cm³/mol. The number of hydrogen-bond donors (Lipinski definition) is 0. The summed E-state index contributed by atoms with van der Waals surface area (Å²) >= 11 is 5.93. The Morgan fingerprint density at radius 1 is 1.36 bits per heavy atom. The van der Waals surface area contributed by atoms with Crippen molar-refractivity contribution >= 4 is 11.6 Å². The molecular weight excluding hydrogens is 200 g/mol. The quantitative estimate of drug-likeness (QED) is 0.759. The second-order valence-electron chi connectivity index (χ2n) is 2.85. The normalized spacial score (nSPS) is 10.1. The summed E-state index contributed by atoms with van der Waals surface area (Å²) in [5.74, 6) is 0.614. The number of aryl methyl sites for hydroxylation is 1. The molecule has 0 saturated carbocycles. The van der Waals surface area contributed by atoms with E-state index in [2.05, 4.69) is 4.98 Å². The molecule has 4 heteroatoms. The molecule has 1 aromatic heterocycles. The van der Waals surface area contributed by atoms with Gasteiger partial charge in [0, 0.05) is 19.4 Å². The number of hydrogen-bond acceptors (Lipinski definition) is 2. The third kappa shape index (κ3) is 1.72. The molecule has 1 aromatic carbocycles. The maximum absolute atomic E-state index is 5.93. The fraction of sp³-hybridized carbons (Fsp3) is 0.100. The van der Waals surface area contributed by atoms with Gasteiger partial charge in [0.2, 0.25) is 0 Å². The van der Waals surface area contributed by atoms with E-state index in [-0.39, 0.29) is 0 Å². The number of ether oxygens (including phenoxy) is 1. The highest BCUT2D eigenvalue weighted by molar-refractivity contribution is 6.32. The minimum Gasteiger partial charge on any atom is -0.424 e. The lowest BCUT2D eigenvalue weighted by molar-refractivity contribution is 0.425. The molecule has 0 aliphatic carbocycles. The molecule has 0 atom stereocenters. The number of rotatable bonds is 2. The maximum Gasteiger partial charge on any atom is 0.301 e. The fourth-order valence-electron chi connectivity index (χ4n) is 1.08. The van der Waals surface area contributed by atoms with E-state index in [0.717, 1.165) is 0 Å². The van der Waals surface area contributed by atoms with E-state index in [1.54, 1.807) is 22.9 Å². The molecular formula is C10H9ClN2O. The zero-order valence-electron chi connectivity index (χ0n) is 7.64. The number of halogens is 1. The van der Waals surface area contributed by atoms with E-state index in [9.17, 15) is 0 Å². The molecule has 72 valence electrons. The second-order valence-corrected chi connectivity index (χ2v) is 3.26. The Bertz CT molecular complexity index is 439. The van der Waals surface area contributed by atoms with Crippen LogP contribution in [0, 0.1) is 0 Å². The van der Waals surface area contributed by atoms with Gasteiger partial charge in [-0.05, 0) is 12.1 Å². The summed E-state index contributed by atoms with van der Waals surface area (Å²) in [6.07, 6.45) is 3.48. The van der Waals surface area contributed by atoms with Crippen LogP contribution in [0.25, 0.3) is 0 Å². The summed E-state index contributed by atoms with van der Waals surface area (Å²) < 4.78 is 7.28. The van der Waals surface area contributed by atoms with Gasteiger partial charge in [-0.25, -0.2) is 4.98 Å². The Labute approximate surface area is 86.9 Å². The lowest BCUT2D eigenvalue weighted by atomic mass is 10.3.